The summed E-state index contributed by atoms with van der Waals surface area (Å²) in [5.41, 5.74) is 2.31. The molecule has 0 spiro atoms. The molecule has 0 aliphatic heterocycles. The predicted molar refractivity (Wildman–Crippen MR) is 65.5 cm³/mol. The van der Waals surface area contributed by atoms with Gasteiger partial charge in [0, 0.05) is 18.6 Å². The first-order valence-electron chi connectivity index (χ1n) is 5.99. The van der Waals surface area contributed by atoms with Gasteiger partial charge in [-0.3, -0.25) is 0 Å². The highest BCUT2D eigenvalue weighted by atomic mass is 15.1. The Labute approximate surface area is 95.5 Å². The fourth-order valence-corrected chi connectivity index (χ4v) is 2.05. The van der Waals surface area contributed by atoms with E-state index in [2.05, 4.69) is 40.0 Å². The van der Waals surface area contributed by atoms with Crippen LogP contribution < -0.4 is 5.32 Å². The first-order chi connectivity index (χ1) is 7.84. The quantitative estimate of drug-likeness (QED) is 0.848. The number of aromatic nitrogens is 2. The minimum Gasteiger partial charge on any atom is -0.326 e. The van der Waals surface area contributed by atoms with Crippen molar-refractivity contribution in [2.75, 3.05) is 6.54 Å². The molecule has 3 heteroatoms. The number of nitrogens with zero attached hydrogens (tertiary/aromatic N) is 2. The monoisotopic (exact) mass is 215 g/mol. The van der Waals surface area contributed by atoms with E-state index in [4.69, 9.17) is 0 Å². The molecule has 0 bridgehead atoms. The lowest BCUT2D eigenvalue weighted by atomic mass is 10.2. The molecule has 1 aliphatic rings. The van der Waals surface area contributed by atoms with Crippen molar-refractivity contribution in [1.29, 1.82) is 0 Å². The number of imidazole rings is 1. The summed E-state index contributed by atoms with van der Waals surface area (Å²) in [5.74, 6) is 0. The summed E-state index contributed by atoms with van der Waals surface area (Å²) in [6, 6.07) is 9.54. The van der Waals surface area contributed by atoms with Crippen LogP contribution in [-0.4, -0.2) is 22.1 Å². The van der Waals surface area contributed by atoms with E-state index in [0.717, 1.165) is 18.1 Å². The van der Waals surface area contributed by atoms with E-state index >= 15 is 0 Å². The van der Waals surface area contributed by atoms with Gasteiger partial charge in [-0.05, 0) is 31.9 Å². The summed E-state index contributed by atoms with van der Waals surface area (Å²) in [6.07, 6.45) is 4.64. The summed E-state index contributed by atoms with van der Waals surface area (Å²) >= 11 is 0. The molecule has 1 saturated carbocycles. The van der Waals surface area contributed by atoms with Crippen LogP contribution in [0.2, 0.25) is 0 Å². The second-order valence-electron chi connectivity index (χ2n) is 4.67. The van der Waals surface area contributed by atoms with Gasteiger partial charge in [0.1, 0.15) is 0 Å². The van der Waals surface area contributed by atoms with Gasteiger partial charge in [-0.15, -0.1) is 0 Å². The Bertz CT molecular complexity index is 485. The van der Waals surface area contributed by atoms with E-state index in [1.165, 1.54) is 18.4 Å². The molecule has 1 N–H and O–H groups in total. The molecule has 1 atom stereocenters. The van der Waals surface area contributed by atoms with Gasteiger partial charge in [0.25, 0.3) is 0 Å². The predicted octanol–water partition coefficient (Wildman–Crippen LogP) is 2.35. The van der Waals surface area contributed by atoms with Gasteiger partial charge in [0.2, 0.25) is 0 Å². The maximum atomic E-state index is 4.42. The van der Waals surface area contributed by atoms with E-state index in [1.54, 1.807) is 0 Å². The largest absolute Gasteiger partial charge is 0.326 e. The molecule has 1 aromatic heterocycles. The molecule has 3 rings (SSSR count). The number of hydrogen-bond acceptors (Lipinski definition) is 2. The summed E-state index contributed by atoms with van der Waals surface area (Å²) in [5, 5.41) is 3.56. The Morgan fingerprint density at radius 2 is 2.25 bits per heavy atom. The average molecular weight is 215 g/mol. The van der Waals surface area contributed by atoms with Gasteiger partial charge < -0.3 is 9.88 Å². The van der Waals surface area contributed by atoms with Crippen LogP contribution in [0.3, 0.4) is 0 Å². The summed E-state index contributed by atoms with van der Waals surface area (Å²) in [6.45, 7) is 3.27. The van der Waals surface area contributed by atoms with Crippen molar-refractivity contribution in [3.8, 4) is 0 Å². The molecule has 0 radical (unpaired) electrons. The third kappa shape index (κ3) is 1.83. The van der Waals surface area contributed by atoms with Crippen molar-refractivity contribution in [1.82, 2.24) is 14.9 Å². The van der Waals surface area contributed by atoms with Gasteiger partial charge in [0.05, 0.1) is 17.4 Å². The van der Waals surface area contributed by atoms with E-state index in [-0.39, 0.29) is 0 Å². The number of para-hydroxylation sites is 2. The SMILES string of the molecule is CC(CNC1CC1)n1cnc2ccccc21. The van der Waals surface area contributed by atoms with E-state index in [1.807, 2.05) is 12.4 Å². The van der Waals surface area contributed by atoms with Crippen LogP contribution in [0, 0.1) is 0 Å². The first kappa shape index (κ1) is 9.85. The lowest BCUT2D eigenvalue weighted by molar-refractivity contribution is 0.501. The third-order valence-electron chi connectivity index (χ3n) is 3.24. The van der Waals surface area contributed by atoms with Crippen LogP contribution in [0.4, 0.5) is 0 Å². The highest BCUT2D eigenvalue weighted by Gasteiger charge is 2.21. The highest BCUT2D eigenvalue weighted by molar-refractivity contribution is 5.75. The van der Waals surface area contributed by atoms with Crippen LogP contribution in [-0.2, 0) is 0 Å². The summed E-state index contributed by atoms with van der Waals surface area (Å²) in [4.78, 5) is 4.42. The Morgan fingerprint density at radius 1 is 1.44 bits per heavy atom. The van der Waals surface area contributed by atoms with Crippen LogP contribution in [0.15, 0.2) is 30.6 Å². The smallest absolute Gasteiger partial charge is 0.0961 e. The Balaban J connectivity index is 1.80. The fraction of sp³-hybridized carbons (Fsp3) is 0.462. The summed E-state index contributed by atoms with van der Waals surface area (Å²) in [7, 11) is 0. The van der Waals surface area contributed by atoms with Gasteiger partial charge in [-0.1, -0.05) is 12.1 Å². The maximum absolute atomic E-state index is 4.42. The molecule has 3 nitrogen and oxygen atoms in total. The second kappa shape index (κ2) is 3.91. The van der Waals surface area contributed by atoms with Crippen LogP contribution in [0.1, 0.15) is 25.8 Å². The standard InChI is InChI=1S/C13H17N3/c1-10(8-14-11-6-7-11)16-9-15-12-4-2-3-5-13(12)16/h2-5,9-11,14H,6-8H2,1H3. The van der Waals surface area contributed by atoms with Crippen molar-refractivity contribution in [3.63, 3.8) is 0 Å². The zero-order chi connectivity index (χ0) is 11.0. The minimum absolute atomic E-state index is 0.466. The molecule has 1 fully saturated rings. The Morgan fingerprint density at radius 3 is 3.06 bits per heavy atom. The van der Waals surface area contributed by atoms with Gasteiger partial charge >= 0.3 is 0 Å². The molecule has 0 amide bonds. The topological polar surface area (TPSA) is 29.9 Å². The van der Waals surface area contributed by atoms with Crippen LogP contribution >= 0.6 is 0 Å². The third-order valence-corrected chi connectivity index (χ3v) is 3.24. The Hall–Kier alpha value is -1.35. The number of benzene rings is 1. The molecule has 1 heterocycles. The van der Waals surface area contributed by atoms with Crippen LogP contribution in [0.5, 0.6) is 0 Å². The van der Waals surface area contributed by atoms with E-state index in [9.17, 15) is 0 Å². The number of rotatable bonds is 4. The van der Waals surface area contributed by atoms with Gasteiger partial charge in [0.15, 0.2) is 0 Å². The molecule has 84 valence electrons. The fourth-order valence-electron chi connectivity index (χ4n) is 2.05. The van der Waals surface area contributed by atoms with Gasteiger partial charge in [-0.25, -0.2) is 4.98 Å². The van der Waals surface area contributed by atoms with Crippen molar-refractivity contribution in [3.05, 3.63) is 30.6 Å². The van der Waals surface area contributed by atoms with Crippen molar-refractivity contribution in [2.24, 2.45) is 0 Å². The second-order valence-corrected chi connectivity index (χ2v) is 4.67. The zero-order valence-corrected chi connectivity index (χ0v) is 9.56. The molecular formula is C13H17N3. The van der Waals surface area contributed by atoms with Gasteiger partial charge in [-0.2, -0.15) is 0 Å². The highest BCUT2D eigenvalue weighted by Crippen LogP contribution is 2.21. The van der Waals surface area contributed by atoms with E-state index in [0.29, 0.717) is 6.04 Å². The van der Waals surface area contributed by atoms with Crippen molar-refractivity contribution in [2.45, 2.75) is 31.8 Å². The Kier molecular flexibility index (Phi) is 2.40. The number of nitrogens with one attached hydrogen (secondary N) is 1. The zero-order valence-electron chi connectivity index (χ0n) is 9.56. The number of hydrogen-bond donors (Lipinski definition) is 1. The minimum atomic E-state index is 0.466. The molecule has 16 heavy (non-hydrogen) atoms. The molecule has 1 aliphatic carbocycles. The lowest BCUT2D eigenvalue weighted by Crippen LogP contribution is -2.24. The summed E-state index contributed by atoms with van der Waals surface area (Å²) < 4.78 is 2.25. The molecule has 0 saturated heterocycles. The maximum Gasteiger partial charge on any atom is 0.0961 e. The molecule has 1 unspecified atom stereocenters. The van der Waals surface area contributed by atoms with Crippen molar-refractivity contribution >= 4 is 11.0 Å². The average Bonchev–Trinajstić information content (AvgIpc) is 3.04. The van der Waals surface area contributed by atoms with Crippen molar-refractivity contribution < 1.29 is 0 Å². The normalized spacial score (nSPS) is 17.8. The molecule has 2 aromatic rings. The molecular weight excluding hydrogens is 198 g/mol. The number of fused-ring (bicyclic) bond motifs is 1. The van der Waals surface area contributed by atoms with Crippen LogP contribution in [0.25, 0.3) is 11.0 Å². The van der Waals surface area contributed by atoms with E-state index < -0.39 is 0 Å². The first-order valence-corrected chi connectivity index (χ1v) is 5.99. The molecule has 1 aromatic carbocycles. The lowest BCUT2D eigenvalue weighted by Gasteiger charge is -2.14.